The smallest absolute Gasteiger partial charge is 0.410 e. The number of fused-ring (bicyclic) bond motifs is 13. The maximum atomic E-state index is 15.0. The van der Waals surface area contributed by atoms with Gasteiger partial charge in [-0.1, -0.05) is 79.0 Å². The molecule has 2 aromatic rings. The molecule has 8 aliphatic rings. The van der Waals surface area contributed by atoms with E-state index in [1.54, 1.807) is 50.0 Å². The molecule has 17 nitrogen and oxygen atoms in total. The summed E-state index contributed by atoms with van der Waals surface area (Å²) in [4.78, 5) is 60.8. The Kier molecular flexibility index (Phi) is 17.1. The Balaban J connectivity index is 1.03. The minimum atomic E-state index is -1.98. The van der Waals surface area contributed by atoms with Crippen LogP contribution in [0.4, 0.5) is 10.5 Å². The highest BCUT2D eigenvalue weighted by atomic mass is 16.7. The van der Waals surface area contributed by atoms with Gasteiger partial charge in [0.05, 0.1) is 40.9 Å². The first-order valence-electron chi connectivity index (χ1n) is 29.2. The number of allylic oxidation sites excluding steroid dienone is 2. The molecule has 2 spiro atoms. The average Bonchev–Trinajstić information content (AvgIpc) is 4.14. The molecule has 0 aromatic heterocycles. The van der Waals surface area contributed by atoms with Gasteiger partial charge in [-0.25, -0.2) is 4.79 Å². The SMILES string of the molecule is CO[C@H]1/C=C/O[C@@]2(C)Oc3c(C)c(O)c4c(O)c(c5c(c4c3C2=O)=NC2(CCN(CC(C)C)CC2)N=5)NC(=O)/C(C)=C\C=C\[C@H](C)[C@H](O)[C@@H](C)[C@@H](O)[C@@H](C)[C@H](OC(=O)N2CCC3(CCN(CC4CCCCC4)CC3)CC2)[C@@H]1C. The number of phenolic OH excluding ortho intramolecular Hbond substituents is 2. The van der Waals surface area contributed by atoms with Crippen molar-refractivity contribution in [2.24, 2.45) is 50.9 Å². The lowest BCUT2D eigenvalue weighted by atomic mass is 9.71. The minimum Gasteiger partial charge on any atom is -0.507 e. The maximum absolute atomic E-state index is 15.0. The Morgan fingerprint density at radius 2 is 1.46 bits per heavy atom. The number of phenols is 2. The lowest BCUT2D eigenvalue weighted by Gasteiger charge is -2.47. The van der Waals surface area contributed by atoms with Gasteiger partial charge in [-0.05, 0) is 88.8 Å². The van der Waals surface area contributed by atoms with Crippen molar-refractivity contribution in [1.82, 2.24) is 14.7 Å². The number of Topliss-reactive ketones (excluding diaryl/α,β-unsaturated/α-hetero) is 1. The van der Waals surface area contributed by atoms with Gasteiger partial charge >= 0.3 is 11.9 Å². The molecular formula is C61H88N6O11. The molecule has 2 amide bonds. The van der Waals surface area contributed by atoms with Crippen LogP contribution in [0.3, 0.4) is 0 Å². The molecule has 1 saturated carbocycles. The molecule has 7 aliphatic heterocycles. The third-order valence-electron chi connectivity index (χ3n) is 19.1. The Hall–Kier alpha value is -5.07. The second-order valence-corrected chi connectivity index (χ2v) is 25.0. The quantitative estimate of drug-likeness (QED) is 0.173. The van der Waals surface area contributed by atoms with E-state index in [0.717, 1.165) is 51.2 Å². The topological polar surface area (TPSA) is 216 Å². The number of hydrogen-bond donors (Lipinski definition) is 5. The third kappa shape index (κ3) is 11.3. The second-order valence-electron chi connectivity index (χ2n) is 25.0. The van der Waals surface area contributed by atoms with Crippen molar-refractivity contribution in [3.8, 4) is 17.2 Å². The molecule has 10 rings (SSSR count). The zero-order valence-corrected chi connectivity index (χ0v) is 48.0. The summed E-state index contributed by atoms with van der Waals surface area (Å²) in [6.07, 6.45) is 15.5. The third-order valence-corrected chi connectivity index (χ3v) is 19.1. The Morgan fingerprint density at radius 3 is 2.12 bits per heavy atom. The van der Waals surface area contributed by atoms with E-state index >= 15 is 4.79 Å². The summed E-state index contributed by atoms with van der Waals surface area (Å²) in [5.74, 6) is -5.14. The highest BCUT2D eigenvalue weighted by molar-refractivity contribution is 6.19. The summed E-state index contributed by atoms with van der Waals surface area (Å²) in [7, 11) is 1.52. The van der Waals surface area contributed by atoms with Crippen molar-refractivity contribution < 1.29 is 53.8 Å². The van der Waals surface area contributed by atoms with Gasteiger partial charge in [0.25, 0.3) is 11.7 Å². The van der Waals surface area contributed by atoms with E-state index in [9.17, 15) is 30.0 Å². The summed E-state index contributed by atoms with van der Waals surface area (Å²) >= 11 is 0. The van der Waals surface area contributed by atoms with E-state index in [2.05, 4.69) is 29.0 Å². The number of carbonyl (C=O) groups excluding carboxylic acids is 3. The monoisotopic (exact) mass is 1080 g/mol. The number of nitrogens with one attached hydrogen (secondary N) is 1. The molecule has 5 bridgehead atoms. The summed E-state index contributed by atoms with van der Waals surface area (Å²) in [6.45, 7) is 23.1. The molecule has 0 unspecified atom stereocenters. The Bertz CT molecular complexity index is 2800. The molecule has 78 heavy (non-hydrogen) atoms. The van der Waals surface area contributed by atoms with E-state index in [1.807, 2.05) is 20.8 Å². The van der Waals surface area contributed by atoms with Gasteiger partial charge in [-0.2, -0.15) is 0 Å². The molecule has 2 aromatic carbocycles. The lowest BCUT2D eigenvalue weighted by Crippen LogP contribution is -2.51. The van der Waals surface area contributed by atoms with Crippen molar-refractivity contribution in [3.05, 3.63) is 58.0 Å². The van der Waals surface area contributed by atoms with Gasteiger partial charge in [-0.3, -0.25) is 19.6 Å². The van der Waals surface area contributed by atoms with Gasteiger partial charge in [-0.15, -0.1) is 0 Å². The average molecular weight is 1080 g/mol. The number of aromatic hydroxyl groups is 2. The zero-order chi connectivity index (χ0) is 56.0. The number of anilines is 1. The van der Waals surface area contributed by atoms with Crippen LogP contribution in [0.1, 0.15) is 142 Å². The van der Waals surface area contributed by atoms with Crippen molar-refractivity contribution in [2.45, 2.75) is 169 Å². The predicted molar refractivity (Wildman–Crippen MR) is 298 cm³/mol. The number of rotatable bonds is 6. The second kappa shape index (κ2) is 23.2. The van der Waals surface area contributed by atoms with E-state index < -0.39 is 83.1 Å². The lowest BCUT2D eigenvalue weighted by molar-refractivity contribution is -0.112. The van der Waals surface area contributed by atoms with Crippen LogP contribution >= 0.6 is 0 Å². The van der Waals surface area contributed by atoms with Crippen LogP contribution in [-0.2, 0) is 19.0 Å². The number of aliphatic hydroxyl groups is 2. The summed E-state index contributed by atoms with van der Waals surface area (Å²) in [6, 6.07) is 0. The molecule has 17 heteroatoms. The van der Waals surface area contributed by atoms with Crippen LogP contribution in [0.15, 0.2) is 46.1 Å². The van der Waals surface area contributed by atoms with Crippen molar-refractivity contribution in [1.29, 1.82) is 0 Å². The Morgan fingerprint density at radius 1 is 0.821 bits per heavy atom. The van der Waals surface area contributed by atoms with Crippen molar-refractivity contribution in [3.63, 3.8) is 0 Å². The van der Waals surface area contributed by atoms with Gasteiger partial charge in [0, 0.05) is 106 Å². The number of amides is 2. The zero-order valence-electron chi connectivity index (χ0n) is 48.0. The van der Waals surface area contributed by atoms with Crippen LogP contribution < -0.4 is 20.8 Å². The molecule has 5 N–H and O–H groups in total. The van der Waals surface area contributed by atoms with Crippen LogP contribution in [0.5, 0.6) is 17.2 Å². The van der Waals surface area contributed by atoms with Crippen LogP contribution in [0, 0.1) is 47.8 Å². The molecule has 7 heterocycles. The maximum Gasteiger partial charge on any atom is 0.410 e. The fourth-order valence-corrected chi connectivity index (χ4v) is 13.8. The summed E-state index contributed by atoms with van der Waals surface area (Å²) in [5.41, 5.74) is -0.345. The molecule has 1 aliphatic carbocycles. The number of ether oxygens (including phenoxy) is 4. The van der Waals surface area contributed by atoms with Gasteiger partial charge in [0.1, 0.15) is 28.6 Å². The number of ketones is 1. The fraction of sp³-hybridized carbons (Fsp3) is 0.689. The highest BCUT2D eigenvalue weighted by Gasteiger charge is 2.51. The first kappa shape index (κ1) is 57.6. The molecular weight excluding hydrogens is 993 g/mol. The fourth-order valence-electron chi connectivity index (χ4n) is 13.8. The van der Waals surface area contributed by atoms with E-state index in [-0.39, 0.29) is 60.8 Å². The van der Waals surface area contributed by atoms with Crippen molar-refractivity contribution >= 4 is 34.2 Å². The minimum absolute atomic E-state index is 0.0465. The number of likely N-dealkylation sites (tertiary alicyclic amines) is 3. The highest BCUT2D eigenvalue weighted by Crippen LogP contribution is 2.50. The number of methoxy groups -OCH3 is 1. The van der Waals surface area contributed by atoms with Gasteiger partial charge in [0.15, 0.2) is 11.4 Å². The van der Waals surface area contributed by atoms with Crippen molar-refractivity contribution in [2.75, 3.05) is 64.8 Å². The van der Waals surface area contributed by atoms with Crippen LogP contribution in [0.2, 0.25) is 0 Å². The number of benzene rings is 2. The number of piperidine rings is 3. The number of hydrogen-bond acceptors (Lipinski definition) is 15. The number of nitrogens with zero attached hydrogens (tertiary/aromatic N) is 5. The van der Waals surface area contributed by atoms with E-state index in [1.165, 1.54) is 58.9 Å². The predicted octanol–water partition coefficient (Wildman–Crippen LogP) is 8.08. The van der Waals surface area contributed by atoms with E-state index in [0.29, 0.717) is 44.9 Å². The first-order valence-corrected chi connectivity index (χ1v) is 29.2. The van der Waals surface area contributed by atoms with Gasteiger partial charge < -0.3 is 59.4 Å². The molecule has 4 fully saturated rings. The molecule has 428 valence electrons. The summed E-state index contributed by atoms with van der Waals surface area (Å²) in [5, 5.41) is 51.6. The Labute approximate surface area is 460 Å². The molecule has 9 atom stereocenters. The summed E-state index contributed by atoms with van der Waals surface area (Å²) < 4.78 is 25.3. The largest absolute Gasteiger partial charge is 0.507 e. The number of aliphatic hydroxyl groups excluding tert-OH is 2. The van der Waals surface area contributed by atoms with Crippen LogP contribution in [0.25, 0.3) is 10.8 Å². The number of carbonyl (C=O) groups is 3. The van der Waals surface area contributed by atoms with Crippen LogP contribution in [-0.4, -0.2) is 148 Å². The molecule has 3 saturated heterocycles. The van der Waals surface area contributed by atoms with E-state index in [4.69, 9.17) is 28.9 Å². The normalized spacial score (nSPS) is 32.7. The molecule has 0 radical (unpaired) electrons. The standard InChI is InChI=1S/C61H88N6O11/c1-35(2)33-65-28-24-61(25-29-65)63-47-44-45-52(70)41(8)55-46(44)56(72)59(9,78-55)76-32-19-43(75-10)38(5)54(77-58(74)67-30-22-60(23-31-67)20-26-66(27-21-60)34-42-17-12-11-13-18-42)40(7)51(69)39(6)50(68)36(3)15-14-16-37(4)57(73)62-49(53(45)71)48(47)64-61/h14-16,19,32,35-36,38-40,42-43,50-51,54,68-71H,11-13,17-18,20-31,33-34H2,1-10H3,(H,62,73)/b15-14+,32-19+,37-16-/t36-,38+,39+,40+,43-,50-,51+,54+,59-/m0/s1. The van der Waals surface area contributed by atoms with Gasteiger partial charge in [0.2, 0.25) is 0 Å². The first-order chi connectivity index (χ1) is 37.1.